The van der Waals surface area contributed by atoms with Crippen LogP contribution < -0.4 is 20.6 Å². The molecule has 0 radical (unpaired) electrons. The fourth-order valence-electron chi connectivity index (χ4n) is 5.60. The molecule has 1 saturated carbocycles. The number of carbonyl (C=O) groups excluding carboxylic acids is 1. The predicted molar refractivity (Wildman–Crippen MR) is 173 cm³/mol. The van der Waals surface area contributed by atoms with Crippen LogP contribution in [-0.4, -0.2) is 46.4 Å². The van der Waals surface area contributed by atoms with Crippen LogP contribution >= 0.6 is 11.8 Å². The summed E-state index contributed by atoms with van der Waals surface area (Å²) in [5.74, 6) is -0.112. The average molecular weight is 644 g/mol. The van der Waals surface area contributed by atoms with Crippen molar-refractivity contribution in [2.75, 3.05) is 17.7 Å². The first-order valence-electron chi connectivity index (χ1n) is 15.1. The van der Waals surface area contributed by atoms with Gasteiger partial charge in [0.15, 0.2) is 21.3 Å². The molecule has 1 aliphatic carbocycles. The third-order valence-electron chi connectivity index (χ3n) is 8.02. The second-order valence-electron chi connectivity index (χ2n) is 11.4. The zero-order valence-corrected chi connectivity index (χ0v) is 27.1. The molecule has 4 bridgehead atoms. The van der Waals surface area contributed by atoms with Crippen molar-refractivity contribution in [1.29, 1.82) is 0 Å². The summed E-state index contributed by atoms with van der Waals surface area (Å²) in [5.41, 5.74) is 7.04. The van der Waals surface area contributed by atoms with Crippen LogP contribution in [0.1, 0.15) is 88.2 Å². The smallest absolute Gasteiger partial charge is 0.278 e. The summed E-state index contributed by atoms with van der Waals surface area (Å²) < 4.78 is 32.5. The van der Waals surface area contributed by atoms with Crippen molar-refractivity contribution in [1.82, 2.24) is 14.8 Å². The summed E-state index contributed by atoms with van der Waals surface area (Å²) in [6.07, 6.45) is 6.45. The number of hydrogen-bond donors (Lipinski definition) is 4. The molecule has 6 rings (SSSR count). The van der Waals surface area contributed by atoms with Gasteiger partial charge in [-0.15, -0.1) is 0 Å². The summed E-state index contributed by atoms with van der Waals surface area (Å²) >= 11 is 5.80. The first-order valence-corrected chi connectivity index (χ1v) is 17.0. The first-order chi connectivity index (χ1) is 21.1. The molecule has 3 heterocycles. The highest BCUT2D eigenvalue weighted by Gasteiger charge is 2.57. The summed E-state index contributed by atoms with van der Waals surface area (Å²) in [4.78, 5) is 24.8. The van der Waals surface area contributed by atoms with E-state index in [1.165, 1.54) is 6.20 Å². The molecule has 1 fully saturated rings. The number of para-hydroxylation sites is 1. The number of hydrogen-bond acceptors (Lipinski definition) is 9. The number of carbonyl (C=O) groups is 1. The normalized spacial score (nSPS) is 21.3. The van der Waals surface area contributed by atoms with Crippen molar-refractivity contribution in [3.05, 3.63) is 59.9 Å². The minimum absolute atomic E-state index is 0.0475. The van der Waals surface area contributed by atoms with Gasteiger partial charge in [-0.3, -0.25) is 4.79 Å². The molecule has 1 atom stereocenters. The molecule has 5 N–H and O–H groups in total. The average Bonchev–Trinajstić information content (AvgIpc) is 3.79. The summed E-state index contributed by atoms with van der Waals surface area (Å²) in [7, 11) is -3.67. The van der Waals surface area contributed by atoms with Gasteiger partial charge in [0.05, 0.1) is 39.4 Å². The molecule has 1 spiro atoms. The minimum Gasteiger partial charge on any atom is -0.491 e. The van der Waals surface area contributed by atoms with Crippen LogP contribution in [-0.2, 0) is 16.4 Å². The van der Waals surface area contributed by atoms with Crippen molar-refractivity contribution in [3.8, 4) is 17.0 Å². The minimum atomic E-state index is -3.67. The van der Waals surface area contributed by atoms with E-state index in [0.29, 0.717) is 55.1 Å². The number of sulfone groups is 1. The molecule has 3 aliphatic rings. The van der Waals surface area contributed by atoms with E-state index in [2.05, 4.69) is 20.1 Å². The monoisotopic (exact) mass is 643 g/mol. The lowest BCUT2D eigenvalue weighted by Gasteiger charge is -2.29. The predicted octanol–water partition coefficient (Wildman–Crippen LogP) is 6.04. The Hall–Kier alpha value is -3.25. The fraction of sp³-hybridized carbons (Fsp3) is 0.469. The Morgan fingerprint density at radius 1 is 1.07 bits per heavy atom. The SMILES string of the molecule is CC.CC1(O)CCCCCCOc2c(CNCl)cccc2NC(=O)c2nc(cnc2N)-c2ccc(cc2)S(=O)(=O)C2(CC2)C1. The number of nitrogens with one attached hydrogen (secondary N) is 2. The number of rotatable bonds is 2. The maximum Gasteiger partial charge on any atom is 0.278 e. The standard InChI is InChI=1S/C30H36ClN5O5S.C2H6/c1-29(38)13-4-2-3-5-16-41-26-21(17-34-31)7-6-8-23(26)36-28(37)25-27(32)33-18-24(35-25)20-9-11-22(12-10-20)42(39,40)30(19-29)14-15-30;1-2/h6-12,18,34,38H,2-5,13-17,19H2,1H3,(H2,32,33)(H,36,37);1-2H3. The number of halogens is 1. The maximum absolute atomic E-state index is 13.7. The second kappa shape index (κ2) is 14.2. The Morgan fingerprint density at radius 3 is 2.45 bits per heavy atom. The molecular weight excluding hydrogens is 602 g/mol. The lowest BCUT2D eigenvalue weighted by molar-refractivity contribution is 0.0362. The number of amides is 1. The zero-order chi connectivity index (χ0) is 32.0. The highest BCUT2D eigenvalue weighted by molar-refractivity contribution is 7.93. The molecule has 238 valence electrons. The van der Waals surface area contributed by atoms with Gasteiger partial charge in [0.2, 0.25) is 0 Å². The Balaban J connectivity index is 0.00000216. The van der Waals surface area contributed by atoms with E-state index in [4.69, 9.17) is 22.2 Å². The Kier molecular flexibility index (Phi) is 10.9. The molecule has 1 aromatic heterocycles. The number of benzene rings is 2. The molecule has 12 heteroatoms. The Morgan fingerprint density at radius 2 is 1.77 bits per heavy atom. The largest absolute Gasteiger partial charge is 0.491 e. The van der Waals surface area contributed by atoms with Crippen LogP contribution in [0.4, 0.5) is 11.5 Å². The number of aliphatic hydroxyl groups is 1. The summed E-state index contributed by atoms with van der Waals surface area (Å²) in [6.45, 7) is 6.47. The molecule has 3 aromatic rings. The van der Waals surface area contributed by atoms with Crippen molar-refractivity contribution < 1.29 is 23.1 Å². The lowest BCUT2D eigenvalue weighted by Crippen LogP contribution is -2.36. The number of ether oxygens (including phenoxy) is 1. The van der Waals surface area contributed by atoms with E-state index in [1.54, 1.807) is 43.3 Å². The van der Waals surface area contributed by atoms with Gasteiger partial charge < -0.3 is 20.9 Å². The highest BCUT2D eigenvalue weighted by atomic mass is 35.5. The topological polar surface area (TPSA) is 157 Å². The number of aromatic nitrogens is 2. The van der Waals surface area contributed by atoms with Gasteiger partial charge in [-0.25, -0.2) is 23.2 Å². The Bertz CT molecular complexity index is 1560. The van der Waals surface area contributed by atoms with Crippen LogP contribution in [0.25, 0.3) is 11.3 Å². The van der Waals surface area contributed by atoms with Crippen LogP contribution in [0.5, 0.6) is 5.75 Å². The van der Waals surface area contributed by atoms with E-state index in [-0.39, 0.29) is 22.8 Å². The number of nitrogens with zero attached hydrogens (tertiary/aromatic N) is 2. The van der Waals surface area contributed by atoms with Crippen LogP contribution in [0.15, 0.2) is 53.6 Å². The number of nitrogen functional groups attached to an aromatic ring is 1. The summed E-state index contributed by atoms with van der Waals surface area (Å²) in [5, 5.41) is 14.0. The van der Waals surface area contributed by atoms with Gasteiger partial charge in [-0.05, 0) is 69.0 Å². The number of fused-ring (bicyclic) bond motifs is 11. The van der Waals surface area contributed by atoms with E-state index in [9.17, 15) is 18.3 Å². The number of anilines is 2. The van der Waals surface area contributed by atoms with Crippen LogP contribution in [0.3, 0.4) is 0 Å². The van der Waals surface area contributed by atoms with Gasteiger partial charge >= 0.3 is 0 Å². The maximum atomic E-state index is 13.7. The third-order valence-corrected chi connectivity index (χ3v) is 10.7. The third kappa shape index (κ3) is 7.51. The summed E-state index contributed by atoms with van der Waals surface area (Å²) in [6, 6.07) is 11.7. The van der Waals surface area contributed by atoms with E-state index < -0.39 is 26.1 Å². The lowest BCUT2D eigenvalue weighted by atomic mass is 9.92. The van der Waals surface area contributed by atoms with E-state index in [0.717, 1.165) is 31.2 Å². The van der Waals surface area contributed by atoms with Crippen molar-refractivity contribution >= 4 is 39.0 Å². The van der Waals surface area contributed by atoms with Crippen LogP contribution in [0, 0.1) is 0 Å². The van der Waals surface area contributed by atoms with Crippen LogP contribution in [0.2, 0.25) is 0 Å². The quantitative estimate of drug-likeness (QED) is 0.245. The molecule has 2 aliphatic heterocycles. The van der Waals surface area contributed by atoms with E-state index in [1.807, 2.05) is 19.9 Å². The van der Waals surface area contributed by atoms with Gasteiger partial charge in [-0.1, -0.05) is 57.4 Å². The van der Waals surface area contributed by atoms with Gasteiger partial charge in [0.25, 0.3) is 5.91 Å². The van der Waals surface area contributed by atoms with E-state index >= 15 is 0 Å². The van der Waals surface area contributed by atoms with Crippen molar-refractivity contribution in [3.63, 3.8) is 0 Å². The highest BCUT2D eigenvalue weighted by Crippen LogP contribution is 2.52. The molecule has 0 saturated heterocycles. The molecule has 2 aromatic carbocycles. The fourth-order valence-corrected chi connectivity index (χ4v) is 7.88. The zero-order valence-electron chi connectivity index (χ0n) is 25.5. The first kappa shape index (κ1) is 33.6. The Labute approximate surface area is 264 Å². The molecule has 44 heavy (non-hydrogen) atoms. The number of nitrogens with two attached hydrogens (primary N) is 1. The van der Waals surface area contributed by atoms with Gasteiger partial charge in [0, 0.05) is 17.7 Å². The molecule has 1 amide bonds. The van der Waals surface area contributed by atoms with Gasteiger partial charge in [0.1, 0.15) is 5.75 Å². The van der Waals surface area contributed by atoms with Gasteiger partial charge in [-0.2, -0.15) is 0 Å². The second-order valence-corrected chi connectivity index (χ2v) is 14.1. The molecule has 10 nitrogen and oxygen atoms in total. The molecule has 1 unspecified atom stereocenters. The molecular formula is C32H42ClN5O5S. The van der Waals surface area contributed by atoms with Crippen molar-refractivity contribution in [2.24, 2.45) is 0 Å². The van der Waals surface area contributed by atoms with Crippen molar-refractivity contribution in [2.45, 2.75) is 93.9 Å².